The quantitative estimate of drug-likeness (QED) is 0.427. The maximum Gasteiger partial charge on any atom is 0.317 e. The molecule has 1 heterocycles. The number of hydrogen-bond donors (Lipinski definition) is 1. The number of carbonyl (C=O) groups excluding carboxylic acids is 1. The summed E-state index contributed by atoms with van der Waals surface area (Å²) in [5.74, 6) is 0.280. The Bertz CT molecular complexity index is 1430. The van der Waals surface area contributed by atoms with Gasteiger partial charge < -0.3 is 10.1 Å². The van der Waals surface area contributed by atoms with Crippen LogP contribution in [-0.4, -0.2) is 22.2 Å². The zero-order valence-corrected chi connectivity index (χ0v) is 18.7. The number of aromatic nitrogens is 2. The molecule has 0 saturated carbocycles. The highest BCUT2D eigenvalue weighted by Crippen LogP contribution is 2.18. The van der Waals surface area contributed by atoms with Gasteiger partial charge in [0.2, 0.25) is 5.91 Å². The lowest BCUT2D eigenvalue weighted by atomic mass is 10.2. The Balaban J connectivity index is 1.66. The van der Waals surface area contributed by atoms with Gasteiger partial charge >= 0.3 is 11.1 Å². The molecular formula is C25H22ClN3O4. The summed E-state index contributed by atoms with van der Waals surface area (Å²) < 4.78 is 7.77. The number of rotatable bonds is 7. The van der Waals surface area contributed by atoms with Crippen LogP contribution in [0, 0.1) is 0 Å². The van der Waals surface area contributed by atoms with Gasteiger partial charge in [0.25, 0.3) is 0 Å². The van der Waals surface area contributed by atoms with Crippen molar-refractivity contribution in [3.63, 3.8) is 0 Å². The van der Waals surface area contributed by atoms with E-state index in [2.05, 4.69) is 5.32 Å². The average molecular weight is 464 g/mol. The van der Waals surface area contributed by atoms with E-state index < -0.39 is 17.0 Å². The molecule has 8 heteroatoms. The highest BCUT2D eigenvalue weighted by Gasteiger charge is 2.16. The van der Waals surface area contributed by atoms with E-state index in [1.807, 2.05) is 54.6 Å². The smallest absolute Gasteiger partial charge is 0.317 e. The fraction of sp³-hybridized carbons (Fsp3) is 0.160. The molecule has 4 rings (SSSR count). The zero-order valence-electron chi connectivity index (χ0n) is 18.0. The lowest BCUT2D eigenvalue weighted by molar-refractivity contribution is -0.121. The maximum atomic E-state index is 13.0. The number of benzene rings is 3. The third kappa shape index (κ3) is 4.99. The molecule has 1 N–H and O–H groups in total. The van der Waals surface area contributed by atoms with Crippen LogP contribution in [0.15, 0.2) is 82.4 Å². The Kier molecular flexibility index (Phi) is 6.60. The van der Waals surface area contributed by atoms with E-state index >= 15 is 0 Å². The normalized spacial score (nSPS) is 10.8. The van der Waals surface area contributed by atoms with Gasteiger partial charge in [-0.15, -0.1) is 0 Å². The highest BCUT2D eigenvalue weighted by molar-refractivity contribution is 6.31. The number of nitrogens with one attached hydrogen (secondary N) is 1. The number of ether oxygens (including phenoxy) is 1. The van der Waals surface area contributed by atoms with Gasteiger partial charge in [-0.25, -0.2) is 0 Å². The van der Waals surface area contributed by atoms with E-state index in [4.69, 9.17) is 16.3 Å². The van der Waals surface area contributed by atoms with Crippen LogP contribution < -0.4 is 21.2 Å². The highest BCUT2D eigenvalue weighted by atomic mass is 35.5. The van der Waals surface area contributed by atoms with Crippen LogP contribution in [0.3, 0.4) is 0 Å². The van der Waals surface area contributed by atoms with Gasteiger partial charge in [0.15, 0.2) is 0 Å². The van der Waals surface area contributed by atoms with E-state index in [1.54, 1.807) is 25.3 Å². The molecule has 4 aromatic rings. The predicted molar refractivity (Wildman–Crippen MR) is 128 cm³/mol. The Labute approximate surface area is 194 Å². The molecule has 0 fully saturated rings. The average Bonchev–Trinajstić information content (AvgIpc) is 2.84. The Morgan fingerprint density at radius 2 is 1.61 bits per heavy atom. The van der Waals surface area contributed by atoms with Crippen LogP contribution in [0.2, 0.25) is 5.02 Å². The van der Waals surface area contributed by atoms with Crippen molar-refractivity contribution in [3.05, 3.63) is 110 Å². The molecule has 0 radical (unpaired) electrons. The van der Waals surface area contributed by atoms with Gasteiger partial charge in [0.1, 0.15) is 12.3 Å². The van der Waals surface area contributed by atoms with Crippen LogP contribution in [0.4, 0.5) is 0 Å². The first-order valence-corrected chi connectivity index (χ1v) is 10.7. The number of carbonyl (C=O) groups is 1. The fourth-order valence-corrected chi connectivity index (χ4v) is 3.82. The third-order valence-corrected chi connectivity index (χ3v) is 5.54. The van der Waals surface area contributed by atoms with E-state index in [0.29, 0.717) is 21.8 Å². The number of fused-ring (bicyclic) bond motifs is 1. The molecule has 168 valence electrons. The molecule has 0 spiro atoms. The Hall–Kier alpha value is -3.84. The molecule has 0 atom stereocenters. The number of methoxy groups -OCH3 is 1. The number of halogens is 1. The van der Waals surface area contributed by atoms with Crippen molar-refractivity contribution in [1.29, 1.82) is 0 Å². The second kappa shape index (κ2) is 9.75. The standard InChI is InChI=1S/C25H22ClN3O4/c1-33-20-9-5-8-18(12-20)14-27-23(30)16-29-22-13-19(26)10-11-21(22)28(24(31)25(29)32)15-17-6-3-2-4-7-17/h2-13H,14-16H2,1H3,(H,27,30). The molecule has 0 saturated heterocycles. The topological polar surface area (TPSA) is 82.3 Å². The van der Waals surface area contributed by atoms with Crippen LogP contribution in [-0.2, 0) is 24.4 Å². The third-order valence-electron chi connectivity index (χ3n) is 5.30. The first-order valence-electron chi connectivity index (χ1n) is 10.3. The molecule has 1 aromatic heterocycles. The first-order chi connectivity index (χ1) is 16.0. The SMILES string of the molecule is COc1cccc(CNC(=O)Cn2c(=O)c(=O)n(Cc3ccccc3)c3ccc(Cl)cc32)c1. The summed E-state index contributed by atoms with van der Waals surface area (Å²) >= 11 is 6.19. The Morgan fingerprint density at radius 1 is 0.879 bits per heavy atom. The molecule has 0 unspecified atom stereocenters. The maximum absolute atomic E-state index is 13.0. The largest absolute Gasteiger partial charge is 0.497 e. The van der Waals surface area contributed by atoms with Crippen molar-refractivity contribution < 1.29 is 9.53 Å². The molecular weight excluding hydrogens is 442 g/mol. The second-order valence-corrected chi connectivity index (χ2v) is 7.97. The lowest BCUT2D eigenvalue weighted by Gasteiger charge is -2.15. The van der Waals surface area contributed by atoms with Crippen molar-refractivity contribution in [2.45, 2.75) is 19.6 Å². The van der Waals surface area contributed by atoms with Crippen molar-refractivity contribution >= 4 is 28.5 Å². The summed E-state index contributed by atoms with van der Waals surface area (Å²) in [7, 11) is 1.57. The Morgan fingerprint density at radius 3 is 2.36 bits per heavy atom. The fourth-order valence-electron chi connectivity index (χ4n) is 3.65. The molecule has 0 aliphatic heterocycles. The van der Waals surface area contributed by atoms with Crippen LogP contribution in [0.1, 0.15) is 11.1 Å². The van der Waals surface area contributed by atoms with E-state index in [-0.39, 0.29) is 19.6 Å². The summed E-state index contributed by atoms with van der Waals surface area (Å²) in [5.41, 5.74) is 1.18. The minimum Gasteiger partial charge on any atom is -0.497 e. The molecule has 0 aliphatic rings. The molecule has 0 bridgehead atoms. The minimum atomic E-state index is -0.780. The van der Waals surface area contributed by atoms with E-state index in [0.717, 1.165) is 11.1 Å². The van der Waals surface area contributed by atoms with Crippen LogP contribution in [0.5, 0.6) is 5.75 Å². The molecule has 0 aliphatic carbocycles. The van der Waals surface area contributed by atoms with Gasteiger partial charge in [0, 0.05) is 11.6 Å². The second-order valence-electron chi connectivity index (χ2n) is 7.53. The number of hydrogen-bond acceptors (Lipinski definition) is 4. The van der Waals surface area contributed by atoms with Gasteiger partial charge in [-0.3, -0.25) is 23.5 Å². The summed E-state index contributed by atoms with van der Waals surface area (Å²) in [4.78, 5) is 38.6. The van der Waals surface area contributed by atoms with Crippen molar-refractivity contribution in [2.24, 2.45) is 0 Å². The van der Waals surface area contributed by atoms with Crippen molar-refractivity contribution in [1.82, 2.24) is 14.5 Å². The van der Waals surface area contributed by atoms with Gasteiger partial charge in [-0.2, -0.15) is 0 Å². The zero-order chi connectivity index (χ0) is 23.4. The van der Waals surface area contributed by atoms with Crippen LogP contribution >= 0.6 is 11.6 Å². The van der Waals surface area contributed by atoms with E-state index in [1.165, 1.54) is 9.13 Å². The van der Waals surface area contributed by atoms with Gasteiger partial charge in [-0.1, -0.05) is 54.1 Å². The number of nitrogens with zero attached hydrogens (tertiary/aromatic N) is 2. The minimum absolute atomic E-state index is 0.232. The molecule has 7 nitrogen and oxygen atoms in total. The van der Waals surface area contributed by atoms with Gasteiger partial charge in [-0.05, 0) is 41.5 Å². The predicted octanol–water partition coefficient (Wildman–Crippen LogP) is 3.19. The number of amides is 1. The lowest BCUT2D eigenvalue weighted by Crippen LogP contribution is -2.44. The monoisotopic (exact) mass is 463 g/mol. The van der Waals surface area contributed by atoms with Crippen LogP contribution in [0.25, 0.3) is 11.0 Å². The van der Waals surface area contributed by atoms with Crippen molar-refractivity contribution in [3.8, 4) is 5.75 Å². The van der Waals surface area contributed by atoms with E-state index in [9.17, 15) is 14.4 Å². The van der Waals surface area contributed by atoms with Crippen molar-refractivity contribution in [2.75, 3.05) is 7.11 Å². The van der Waals surface area contributed by atoms with Gasteiger partial charge in [0.05, 0.1) is 24.7 Å². The summed E-state index contributed by atoms with van der Waals surface area (Å²) in [5, 5.41) is 3.18. The molecule has 33 heavy (non-hydrogen) atoms. The molecule has 1 amide bonds. The first kappa shape index (κ1) is 22.4. The summed E-state index contributed by atoms with van der Waals surface area (Å²) in [6.45, 7) is 0.186. The molecule has 3 aromatic carbocycles. The summed E-state index contributed by atoms with van der Waals surface area (Å²) in [6.07, 6.45) is 0. The summed E-state index contributed by atoms with van der Waals surface area (Å²) in [6, 6.07) is 21.6.